The van der Waals surface area contributed by atoms with Gasteiger partial charge in [0, 0.05) is 24.7 Å². The van der Waals surface area contributed by atoms with Gasteiger partial charge in [0.2, 0.25) is 0 Å². The maximum absolute atomic E-state index is 5.62. The van der Waals surface area contributed by atoms with Gasteiger partial charge in [-0.05, 0) is 30.6 Å². The molecule has 2 aromatic rings. The molecule has 3 rings (SSSR count). The van der Waals surface area contributed by atoms with Gasteiger partial charge in [-0.15, -0.1) is 0 Å². The lowest BCUT2D eigenvalue weighted by Crippen LogP contribution is -2.18. The van der Waals surface area contributed by atoms with E-state index in [0.29, 0.717) is 13.2 Å². The number of fused-ring (bicyclic) bond motifs is 2. The van der Waals surface area contributed by atoms with E-state index >= 15 is 0 Å². The minimum atomic E-state index is 0.598. The lowest BCUT2D eigenvalue weighted by molar-refractivity contribution is 0.172. The van der Waals surface area contributed by atoms with Gasteiger partial charge in [-0.2, -0.15) is 0 Å². The minimum Gasteiger partial charge on any atom is -0.486 e. The molecule has 2 N–H and O–H groups in total. The number of likely N-dealkylation sites (N-methyl/N-ethyl adjacent to an activating group) is 1. The van der Waals surface area contributed by atoms with E-state index in [2.05, 4.69) is 15.6 Å². The van der Waals surface area contributed by atoms with Crippen molar-refractivity contribution in [3.63, 3.8) is 0 Å². The summed E-state index contributed by atoms with van der Waals surface area (Å²) < 4.78 is 11.2. The first kappa shape index (κ1) is 12.0. The quantitative estimate of drug-likeness (QED) is 0.817. The zero-order chi connectivity index (χ0) is 13.1. The fraction of sp³-hybridized carbons (Fsp3) is 0.357. The molecular weight excluding hydrogens is 242 g/mol. The summed E-state index contributed by atoms with van der Waals surface area (Å²) >= 11 is 0. The molecule has 0 radical (unpaired) electrons. The van der Waals surface area contributed by atoms with Crippen molar-refractivity contribution in [2.75, 3.05) is 38.7 Å². The van der Waals surface area contributed by atoms with Crippen molar-refractivity contribution in [3.8, 4) is 11.5 Å². The van der Waals surface area contributed by atoms with Crippen molar-refractivity contribution in [1.82, 2.24) is 10.3 Å². The van der Waals surface area contributed by atoms with Gasteiger partial charge < -0.3 is 20.1 Å². The molecule has 0 amide bonds. The van der Waals surface area contributed by atoms with Crippen LogP contribution in [0.4, 0.5) is 5.82 Å². The molecule has 100 valence electrons. The number of rotatable bonds is 4. The third-order valence-corrected chi connectivity index (χ3v) is 3.09. The molecule has 0 atom stereocenters. The second-order valence-electron chi connectivity index (χ2n) is 4.41. The Morgan fingerprint density at radius 1 is 1.16 bits per heavy atom. The standard InChI is InChI=1S/C14H17N3O2/c1-15-4-5-17-14-11-9-13-12(18-6-7-19-13)8-10(11)2-3-16-14/h2-3,8-9,15H,4-7H2,1H3,(H,16,17). The van der Waals surface area contributed by atoms with Crippen LogP contribution in [0.2, 0.25) is 0 Å². The fourth-order valence-corrected chi connectivity index (χ4v) is 2.16. The largest absolute Gasteiger partial charge is 0.486 e. The summed E-state index contributed by atoms with van der Waals surface area (Å²) in [4.78, 5) is 4.39. The third-order valence-electron chi connectivity index (χ3n) is 3.09. The van der Waals surface area contributed by atoms with Crippen molar-refractivity contribution in [1.29, 1.82) is 0 Å². The molecule has 5 heteroatoms. The molecule has 1 aromatic heterocycles. The summed E-state index contributed by atoms with van der Waals surface area (Å²) in [6, 6.07) is 5.99. The summed E-state index contributed by atoms with van der Waals surface area (Å²) in [5, 5.41) is 8.59. The maximum Gasteiger partial charge on any atom is 0.162 e. The number of hydrogen-bond donors (Lipinski definition) is 2. The van der Waals surface area contributed by atoms with E-state index < -0.39 is 0 Å². The van der Waals surface area contributed by atoms with Crippen molar-refractivity contribution in [3.05, 3.63) is 24.4 Å². The van der Waals surface area contributed by atoms with E-state index in [-0.39, 0.29) is 0 Å². The van der Waals surface area contributed by atoms with E-state index in [4.69, 9.17) is 9.47 Å². The molecule has 19 heavy (non-hydrogen) atoms. The van der Waals surface area contributed by atoms with Crippen LogP contribution in [0.5, 0.6) is 11.5 Å². The first-order valence-electron chi connectivity index (χ1n) is 6.45. The molecule has 0 spiro atoms. The highest BCUT2D eigenvalue weighted by molar-refractivity contribution is 5.94. The van der Waals surface area contributed by atoms with Gasteiger partial charge in [-0.25, -0.2) is 4.98 Å². The monoisotopic (exact) mass is 259 g/mol. The van der Waals surface area contributed by atoms with E-state index in [9.17, 15) is 0 Å². The highest BCUT2D eigenvalue weighted by atomic mass is 16.6. The van der Waals surface area contributed by atoms with Crippen LogP contribution in [-0.2, 0) is 0 Å². The average Bonchev–Trinajstić information content (AvgIpc) is 2.46. The Bertz CT molecular complexity index is 586. The average molecular weight is 259 g/mol. The Morgan fingerprint density at radius 3 is 2.74 bits per heavy atom. The van der Waals surface area contributed by atoms with Gasteiger partial charge in [0.25, 0.3) is 0 Å². The summed E-state index contributed by atoms with van der Waals surface area (Å²) in [5.41, 5.74) is 0. The maximum atomic E-state index is 5.62. The van der Waals surface area contributed by atoms with Crippen molar-refractivity contribution in [2.24, 2.45) is 0 Å². The lowest BCUT2D eigenvalue weighted by Gasteiger charge is -2.19. The first-order valence-corrected chi connectivity index (χ1v) is 6.45. The highest BCUT2D eigenvalue weighted by Gasteiger charge is 2.14. The highest BCUT2D eigenvalue weighted by Crippen LogP contribution is 2.36. The van der Waals surface area contributed by atoms with Gasteiger partial charge in [0.05, 0.1) is 0 Å². The van der Waals surface area contributed by atoms with Gasteiger partial charge in [-0.3, -0.25) is 0 Å². The fourth-order valence-electron chi connectivity index (χ4n) is 2.16. The SMILES string of the molecule is CNCCNc1nccc2cc3c(cc12)OCCO3. The second-order valence-corrected chi connectivity index (χ2v) is 4.41. The molecular formula is C14H17N3O2. The topological polar surface area (TPSA) is 55.4 Å². The van der Waals surface area contributed by atoms with E-state index in [1.54, 1.807) is 6.20 Å². The number of ether oxygens (including phenoxy) is 2. The van der Waals surface area contributed by atoms with Crippen molar-refractivity contribution in [2.45, 2.75) is 0 Å². The number of nitrogens with zero attached hydrogens (tertiary/aromatic N) is 1. The molecule has 0 unspecified atom stereocenters. The molecule has 0 fully saturated rings. The minimum absolute atomic E-state index is 0.598. The van der Waals surface area contributed by atoms with E-state index in [0.717, 1.165) is 41.2 Å². The number of hydrogen-bond acceptors (Lipinski definition) is 5. The summed E-state index contributed by atoms with van der Waals surface area (Å²) in [6.45, 7) is 2.93. The lowest BCUT2D eigenvalue weighted by atomic mass is 10.1. The van der Waals surface area contributed by atoms with Gasteiger partial charge >= 0.3 is 0 Å². The van der Waals surface area contributed by atoms with Crippen LogP contribution in [-0.4, -0.2) is 38.3 Å². The van der Waals surface area contributed by atoms with Crippen LogP contribution in [0.3, 0.4) is 0 Å². The predicted molar refractivity (Wildman–Crippen MR) is 75.1 cm³/mol. The smallest absolute Gasteiger partial charge is 0.162 e. The zero-order valence-electron chi connectivity index (χ0n) is 10.9. The number of nitrogens with one attached hydrogen (secondary N) is 2. The number of aromatic nitrogens is 1. The van der Waals surface area contributed by atoms with Gasteiger partial charge in [0.15, 0.2) is 11.5 Å². The van der Waals surface area contributed by atoms with Crippen molar-refractivity contribution < 1.29 is 9.47 Å². The van der Waals surface area contributed by atoms with Gasteiger partial charge in [-0.1, -0.05) is 0 Å². The Labute approximate surface area is 111 Å². The molecule has 0 saturated carbocycles. The Kier molecular flexibility index (Phi) is 3.37. The summed E-state index contributed by atoms with van der Waals surface area (Å²) in [5.74, 6) is 2.49. The number of anilines is 1. The Morgan fingerprint density at radius 2 is 1.95 bits per heavy atom. The van der Waals surface area contributed by atoms with Crippen LogP contribution in [0.15, 0.2) is 24.4 Å². The zero-order valence-corrected chi connectivity index (χ0v) is 10.9. The molecule has 5 nitrogen and oxygen atoms in total. The molecule has 1 aromatic carbocycles. The molecule has 0 saturated heterocycles. The number of benzene rings is 1. The van der Waals surface area contributed by atoms with Crippen LogP contribution in [0.25, 0.3) is 10.8 Å². The van der Waals surface area contributed by atoms with Crippen molar-refractivity contribution >= 4 is 16.6 Å². The van der Waals surface area contributed by atoms with E-state index in [1.165, 1.54) is 0 Å². The van der Waals surface area contributed by atoms with Gasteiger partial charge in [0.1, 0.15) is 19.0 Å². The van der Waals surface area contributed by atoms with Crippen LogP contribution >= 0.6 is 0 Å². The summed E-state index contributed by atoms with van der Waals surface area (Å²) in [6.07, 6.45) is 1.81. The predicted octanol–water partition coefficient (Wildman–Crippen LogP) is 1.64. The van der Waals surface area contributed by atoms with E-state index in [1.807, 2.05) is 25.2 Å². The molecule has 1 aliphatic heterocycles. The second kappa shape index (κ2) is 5.32. The van der Waals surface area contributed by atoms with Crippen LogP contribution in [0.1, 0.15) is 0 Å². The molecule has 0 bridgehead atoms. The first-order chi connectivity index (χ1) is 9.38. The normalized spacial score (nSPS) is 13.5. The molecule has 0 aliphatic carbocycles. The van der Waals surface area contributed by atoms with Crippen LogP contribution in [0, 0.1) is 0 Å². The Balaban J connectivity index is 1.98. The van der Waals surface area contributed by atoms with Crippen LogP contribution < -0.4 is 20.1 Å². The number of pyridine rings is 1. The molecule has 2 heterocycles. The Hall–Kier alpha value is -2.01. The summed E-state index contributed by atoms with van der Waals surface area (Å²) in [7, 11) is 1.93. The molecule has 1 aliphatic rings. The third kappa shape index (κ3) is 2.42.